The molecule has 0 fully saturated rings. The number of rotatable bonds is 7. The van der Waals surface area contributed by atoms with Gasteiger partial charge in [0.15, 0.2) is 0 Å². The first-order valence-corrected chi connectivity index (χ1v) is 7.09. The van der Waals surface area contributed by atoms with Crippen LogP contribution in [0, 0.1) is 0 Å². The Kier molecular flexibility index (Phi) is 4.50. The molecule has 2 N–H and O–H groups in total. The molecule has 0 radical (unpaired) electrons. The number of nitrogens with one attached hydrogen (secondary N) is 2. The number of anilines is 1. The molecule has 2 heterocycles. The van der Waals surface area contributed by atoms with Gasteiger partial charge in [0.25, 0.3) is 0 Å². The zero-order chi connectivity index (χ0) is 15.2. The SMILES string of the molecule is COCCOc1ccc(NCc2cccc3cn[nH]c23)cn1. The van der Waals surface area contributed by atoms with Gasteiger partial charge in [0.1, 0.15) is 6.61 Å². The number of fused-ring (bicyclic) bond motifs is 1. The molecule has 0 amide bonds. The van der Waals surface area contributed by atoms with Crippen LogP contribution >= 0.6 is 0 Å². The topological polar surface area (TPSA) is 72.1 Å². The maximum Gasteiger partial charge on any atom is 0.213 e. The van der Waals surface area contributed by atoms with E-state index in [0.717, 1.165) is 22.2 Å². The van der Waals surface area contributed by atoms with Gasteiger partial charge in [0, 0.05) is 25.1 Å². The summed E-state index contributed by atoms with van der Waals surface area (Å²) in [5, 5.41) is 11.6. The molecule has 0 unspecified atom stereocenters. The van der Waals surface area contributed by atoms with Gasteiger partial charge < -0.3 is 14.8 Å². The molecule has 114 valence electrons. The number of aromatic nitrogens is 3. The fraction of sp³-hybridized carbons (Fsp3) is 0.250. The first-order valence-electron chi connectivity index (χ1n) is 7.09. The van der Waals surface area contributed by atoms with E-state index in [1.807, 2.05) is 30.5 Å². The summed E-state index contributed by atoms with van der Waals surface area (Å²) in [6, 6.07) is 9.93. The third-order valence-corrected chi connectivity index (χ3v) is 3.32. The van der Waals surface area contributed by atoms with Gasteiger partial charge in [-0.2, -0.15) is 5.10 Å². The Morgan fingerprint density at radius 1 is 1.14 bits per heavy atom. The van der Waals surface area contributed by atoms with Crippen molar-refractivity contribution in [2.24, 2.45) is 0 Å². The van der Waals surface area contributed by atoms with Crippen molar-refractivity contribution in [1.29, 1.82) is 0 Å². The van der Waals surface area contributed by atoms with Gasteiger partial charge in [-0.05, 0) is 11.6 Å². The van der Waals surface area contributed by atoms with Crippen LogP contribution in [0.25, 0.3) is 10.9 Å². The molecule has 0 saturated carbocycles. The van der Waals surface area contributed by atoms with E-state index >= 15 is 0 Å². The molecule has 0 aliphatic carbocycles. The van der Waals surface area contributed by atoms with Crippen LogP contribution in [0.5, 0.6) is 5.88 Å². The minimum atomic E-state index is 0.498. The predicted molar refractivity (Wildman–Crippen MR) is 85.0 cm³/mol. The summed E-state index contributed by atoms with van der Waals surface area (Å²) in [7, 11) is 1.64. The highest BCUT2D eigenvalue weighted by Crippen LogP contribution is 2.18. The van der Waals surface area contributed by atoms with Crippen LogP contribution in [0.15, 0.2) is 42.7 Å². The molecule has 3 rings (SSSR count). The van der Waals surface area contributed by atoms with Crippen LogP contribution in [0.4, 0.5) is 5.69 Å². The van der Waals surface area contributed by atoms with Crippen molar-refractivity contribution in [3.05, 3.63) is 48.3 Å². The van der Waals surface area contributed by atoms with Crippen molar-refractivity contribution in [2.75, 3.05) is 25.6 Å². The highest BCUT2D eigenvalue weighted by Gasteiger charge is 2.03. The minimum absolute atomic E-state index is 0.498. The quantitative estimate of drug-likeness (QED) is 0.656. The van der Waals surface area contributed by atoms with E-state index in [1.54, 1.807) is 13.3 Å². The number of ether oxygens (including phenoxy) is 2. The van der Waals surface area contributed by atoms with Crippen LogP contribution in [0.2, 0.25) is 0 Å². The molecule has 0 aliphatic heterocycles. The fourth-order valence-corrected chi connectivity index (χ4v) is 2.17. The number of hydrogen-bond donors (Lipinski definition) is 2. The lowest BCUT2D eigenvalue weighted by Crippen LogP contribution is -2.05. The van der Waals surface area contributed by atoms with E-state index in [0.29, 0.717) is 25.6 Å². The van der Waals surface area contributed by atoms with Crippen molar-refractivity contribution < 1.29 is 9.47 Å². The van der Waals surface area contributed by atoms with E-state index in [4.69, 9.17) is 9.47 Å². The highest BCUT2D eigenvalue weighted by molar-refractivity contribution is 5.81. The van der Waals surface area contributed by atoms with Gasteiger partial charge in [-0.3, -0.25) is 5.10 Å². The first kappa shape index (κ1) is 14.3. The normalized spacial score (nSPS) is 10.8. The molecule has 0 spiro atoms. The first-order chi connectivity index (χ1) is 10.9. The van der Waals surface area contributed by atoms with Crippen LogP contribution in [0.3, 0.4) is 0 Å². The second kappa shape index (κ2) is 6.91. The number of hydrogen-bond acceptors (Lipinski definition) is 5. The Bertz CT molecular complexity index is 724. The molecular weight excluding hydrogens is 280 g/mol. The molecule has 6 nitrogen and oxygen atoms in total. The minimum Gasteiger partial charge on any atom is -0.475 e. The van der Waals surface area contributed by atoms with Crippen molar-refractivity contribution >= 4 is 16.6 Å². The number of nitrogens with zero attached hydrogens (tertiary/aromatic N) is 2. The number of methoxy groups -OCH3 is 1. The lowest BCUT2D eigenvalue weighted by molar-refractivity contribution is 0.144. The van der Waals surface area contributed by atoms with Crippen molar-refractivity contribution in [3.63, 3.8) is 0 Å². The summed E-state index contributed by atoms with van der Waals surface area (Å²) >= 11 is 0. The van der Waals surface area contributed by atoms with Gasteiger partial charge in [0.05, 0.1) is 30.2 Å². The molecule has 2 aromatic heterocycles. The second-order valence-corrected chi connectivity index (χ2v) is 4.83. The van der Waals surface area contributed by atoms with Gasteiger partial charge in [-0.25, -0.2) is 4.98 Å². The maximum atomic E-state index is 5.43. The molecule has 0 saturated heterocycles. The van der Waals surface area contributed by atoms with Crippen LogP contribution < -0.4 is 10.1 Å². The molecule has 0 bridgehead atoms. The molecule has 0 aliphatic rings. The van der Waals surface area contributed by atoms with E-state index in [2.05, 4.69) is 26.6 Å². The summed E-state index contributed by atoms with van der Waals surface area (Å²) < 4.78 is 10.4. The number of benzene rings is 1. The fourth-order valence-electron chi connectivity index (χ4n) is 2.17. The maximum absolute atomic E-state index is 5.43. The third-order valence-electron chi connectivity index (χ3n) is 3.32. The van der Waals surface area contributed by atoms with E-state index in [-0.39, 0.29) is 0 Å². The Balaban J connectivity index is 1.60. The number of para-hydroxylation sites is 1. The third kappa shape index (κ3) is 3.35. The van der Waals surface area contributed by atoms with Gasteiger partial charge >= 0.3 is 0 Å². The Morgan fingerprint density at radius 3 is 2.91 bits per heavy atom. The molecule has 0 atom stereocenters. The number of H-pyrrole nitrogens is 1. The molecule has 1 aromatic carbocycles. The average Bonchev–Trinajstić information content (AvgIpc) is 3.03. The van der Waals surface area contributed by atoms with Gasteiger partial charge in [-0.1, -0.05) is 18.2 Å². The summed E-state index contributed by atoms with van der Waals surface area (Å²) in [5.41, 5.74) is 3.16. The van der Waals surface area contributed by atoms with Crippen molar-refractivity contribution in [2.45, 2.75) is 6.54 Å². The number of aromatic amines is 1. The van der Waals surface area contributed by atoms with Crippen LogP contribution in [0.1, 0.15) is 5.56 Å². The predicted octanol–water partition coefficient (Wildman–Crippen LogP) is 2.60. The Morgan fingerprint density at radius 2 is 2.09 bits per heavy atom. The highest BCUT2D eigenvalue weighted by atomic mass is 16.5. The summed E-state index contributed by atoms with van der Waals surface area (Å²) in [5.74, 6) is 0.596. The Labute approximate surface area is 128 Å². The summed E-state index contributed by atoms with van der Waals surface area (Å²) in [4.78, 5) is 4.25. The lowest BCUT2D eigenvalue weighted by Gasteiger charge is -2.08. The largest absolute Gasteiger partial charge is 0.475 e. The molecule has 6 heteroatoms. The number of pyridine rings is 1. The zero-order valence-electron chi connectivity index (χ0n) is 12.4. The summed E-state index contributed by atoms with van der Waals surface area (Å²) in [6.45, 7) is 1.75. The van der Waals surface area contributed by atoms with Gasteiger partial charge in [0.2, 0.25) is 5.88 Å². The van der Waals surface area contributed by atoms with Crippen molar-refractivity contribution in [3.8, 4) is 5.88 Å². The lowest BCUT2D eigenvalue weighted by atomic mass is 10.1. The van der Waals surface area contributed by atoms with E-state index in [9.17, 15) is 0 Å². The van der Waals surface area contributed by atoms with E-state index < -0.39 is 0 Å². The molecule has 3 aromatic rings. The van der Waals surface area contributed by atoms with Crippen LogP contribution in [-0.4, -0.2) is 35.5 Å². The standard InChI is InChI=1S/C16H18N4O2/c1-21-7-8-22-15-6-5-14(11-18-15)17-9-12-3-2-4-13-10-19-20-16(12)13/h2-6,10-11,17H,7-9H2,1H3,(H,19,20). The smallest absolute Gasteiger partial charge is 0.213 e. The molecule has 22 heavy (non-hydrogen) atoms. The monoisotopic (exact) mass is 298 g/mol. The van der Waals surface area contributed by atoms with Crippen LogP contribution in [-0.2, 0) is 11.3 Å². The molecular formula is C16H18N4O2. The second-order valence-electron chi connectivity index (χ2n) is 4.83. The van der Waals surface area contributed by atoms with Crippen molar-refractivity contribution in [1.82, 2.24) is 15.2 Å². The van der Waals surface area contributed by atoms with Gasteiger partial charge in [-0.15, -0.1) is 0 Å². The summed E-state index contributed by atoms with van der Waals surface area (Å²) in [6.07, 6.45) is 3.59. The zero-order valence-corrected chi connectivity index (χ0v) is 12.4. The average molecular weight is 298 g/mol. The Hall–Kier alpha value is -2.60. The van der Waals surface area contributed by atoms with E-state index in [1.165, 1.54) is 0 Å².